The van der Waals surface area contributed by atoms with Gasteiger partial charge in [0.2, 0.25) is 0 Å². The van der Waals surface area contributed by atoms with Crippen molar-refractivity contribution in [1.29, 1.82) is 0 Å². The molecule has 1 amide bonds. The Bertz CT molecular complexity index is 378. The van der Waals surface area contributed by atoms with Crippen LogP contribution >= 0.6 is 0 Å². The van der Waals surface area contributed by atoms with Crippen LogP contribution in [0.1, 0.15) is 29.3 Å². The van der Waals surface area contributed by atoms with Gasteiger partial charge in [0.15, 0.2) is 0 Å². The molecule has 1 aromatic carbocycles. The average molecular weight is 237 g/mol. The quantitative estimate of drug-likeness (QED) is 0.711. The highest BCUT2D eigenvalue weighted by Gasteiger charge is 2.28. The summed E-state index contributed by atoms with van der Waals surface area (Å²) in [4.78, 5) is 12.0. The van der Waals surface area contributed by atoms with Crippen molar-refractivity contribution < 1.29 is 15.0 Å². The van der Waals surface area contributed by atoms with E-state index in [4.69, 9.17) is 0 Å². The van der Waals surface area contributed by atoms with Crippen LogP contribution in [0.3, 0.4) is 0 Å². The van der Waals surface area contributed by atoms with Gasteiger partial charge in [0, 0.05) is 5.56 Å². The van der Waals surface area contributed by atoms with Crippen molar-refractivity contribution in [3.63, 3.8) is 0 Å². The molecule has 0 bridgehead atoms. The van der Waals surface area contributed by atoms with Gasteiger partial charge < -0.3 is 15.5 Å². The van der Waals surface area contributed by atoms with E-state index in [-0.39, 0.29) is 19.1 Å². The Kier molecular flexibility index (Phi) is 4.66. The van der Waals surface area contributed by atoms with Crippen LogP contribution in [0.15, 0.2) is 24.3 Å². The molecule has 4 heteroatoms. The highest BCUT2D eigenvalue weighted by Crippen LogP contribution is 2.11. The molecule has 0 spiro atoms. The van der Waals surface area contributed by atoms with Crippen molar-refractivity contribution in [2.75, 3.05) is 13.2 Å². The summed E-state index contributed by atoms with van der Waals surface area (Å²) >= 11 is 0. The first kappa shape index (κ1) is 13.7. The summed E-state index contributed by atoms with van der Waals surface area (Å²) in [6, 6.07) is 7.18. The molecule has 0 aliphatic rings. The van der Waals surface area contributed by atoms with Crippen molar-refractivity contribution in [3.05, 3.63) is 35.4 Å². The van der Waals surface area contributed by atoms with E-state index in [0.29, 0.717) is 12.0 Å². The third kappa shape index (κ3) is 3.28. The largest absolute Gasteiger partial charge is 0.394 e. The minimum absolute atomic E-state index is 0.279. The van der Waals surface area contributed by atoms with Gasteiger partial charge in [-0.15, -0.1) is 0 Å². The lowest BCUT2D eigenvalue weighted by molar-refractivity contribution is 0.0653. The van der Waals surface area contributed by atoms with Gasteiger partial charge in [0.05, 0.1) is 18.8 Å². The smallest absolute Gasteiger partial charge is 0.251 e. The van der Waals surface area contributed by atoms with E-state index >= 15 is 0 Å². The Balaban J connectivity index is 2.84. The number of rotatable bonds is 5. The fourth-order valence-corrected chi connectivity index (χ4v) is 1.54. The fourth-order valence-electron chi connectivity index (χ4n) is 1.54. The van der Waals surface area contributed by atoms with E-state index in [1.165, 1.54) is 0 Å². The fraction of sp³-hybridized carbons (Fsp3) is 0.462. The lowest BCUT2D eigenvalue weighted by Crippen LogP contribution is -2.53. The van der Waals surface area contributed by atoms with Crippen LogP contribution in [0.5, 0.6) is 0 Å². The minimum atomic E-state index is -0.944. The second-order valence-corrected chi connectivity index (χ2v) is 4.27. The Morgan fingerprint density at radius 2 is 2.00 bits per heavy atom. The van der Waals surface area contributed by atoms with Crippen LogP contribution in [0.4, 0.5) is 0 Å². The van der Waals surface area contributed by atoms with Gasteiger partial charge in [-0.05, 0) is 25.5 Å². The number of carbonyl (C=O) groups is 1. The molecule has 0 fully saturated rings. The highest BCUT2D eigenvalue weighted by molar-refractivity contribution is 5.94. The van der Waals surface area contributed by atoms with Crippen LogP contribution in [0.25, 0.3) is 0 Å². The lowest BCUT2D eigenvalue weighted by atomic mass is 9.97. The Labute approximate surface area is 101 Å². The summed E-state index contributed by atoms with van der Waals surface area (Å²) in [5, 5.41) is 21.2. The summed E-state index contributed by atoms with van der Waals surface area (Å²) in [5.41, 5.74) is 0.582. The molecule has 0 aliphatic carbocycles. The second-order valence-electron chi connectivity index (χ2n) is 4.27. The van der Waals surface area contributed by atoms with Crippen molar-refractivity contribution in [3.8, 4) is 0 Å². The molecule has 1 aromatic rings. The second kappa shape index (κ2) is 5.80. The maximum absolute atomic E-state index is 12.0. The number of aliphatic hydroxyl groups is 2. The standard InChI is InChI=1S/C13H19NO3/c1-3-13(8-15,9-16)14-12(17)11-6-4-5-10(2)7-11/h4-7,15-16H,3,8-9H2,1-2H3,(H,14,17). The van der Waals surface area contributed by atoms with Crippen LogP contribution in [-0.2, 0) is 0 Å². The molecule has 0 aliphatic heterocycles. The number of hydrogen-bond acceptors (Lipinski definition) is 3. The van der Waals surface area contributed by atoms with Gasteiger partial charge >= 0.3 is 0 Å². The van der Waals surface area contributed by atoms with Crippen molar-refractivity contribution in [2.24, 2.45) is 0 Å². The summed E-state index contributed by atoms with van der Waals surface area (Å²) in [7, 11) is 0. The maximum atomic E-state index is 12.0. The molecular weight excluding hydrogens is 218 g/mol. The molecule has 17 heavy (non-hydrogen) atoms. The van der Waals surface area contributed by atoms with Crippen LogP contribution in [0, 0.1) is 6.92 Å². The Morgan fingerprint density at radius 1 is 1.35 bits per heavy atom. The van der Waals surface area contributed by atoms with Gasteiger partial charge in [-0.25, -0.2) is 0 Å². The lowest BCUT2D eigenvalue weighted by Gasteiger charge is -2.29. The number of hydrogen-bond donors (Lipinski definition) is 3. The number of nitrogens with one attached hydrogen (secondary N) is 1. The first-order chi connectivity index (χ1) is 8.06. The maximum Gasteiger partial charge on any atom is 0.251 e. The Morgan fingerprint density at radius 3 is 2.47 bits per heavy atom. The molecule has 0 unspecified atom stereocenters. The molecule has 0 saturated heterocycles. The van der Waals surface area contributed by atoms with Gasteiger partial charge in [-0.3, -0.25) is 4.79 Å². The SMILES string of the molecule is CCC(CO)(CO)NC(=O)c1cccc(C)c1. The van der Waals surface area contributed by atoms with E-state index in [9.17, 15) is 15.0 Å². The molecule has 1 rings (SSSR count). The molecule has 0 heterocycles. The Hall–Kier alpha value is -1.39. The highest BCUT2D eigenvalue weighted by atomic mass is 16.3. The molecular formula is C13H19NO3. The molecule has 0 aromatic heterocycles. The topological polar surface area (TPSA) is 69.6 Å². The number of benzene rings is 1. The van der Waals surface area contributed by atoms with Crippen molar-refractivity contribution in [1.82, 2.24) is 5.32 Å². The molecule has 0 saturated carbocycles. The summed E-state index contributed by atoms with van der Waals surface area (Å²) in [5.74, 6) is -0.279. The average Bonchev–Trinajstić information content (AvgIpc) is 2.36. The van der Waals surface area contributed by atoms with E-state index in [2.05, 4.69) is 5.32 Å². The predicted octanol–water partition coefficient (Wildman–Crippen LogP) is 0.858. The summed E-state index contributed by atoms with van der Waals surface area (Å²) in [6.07, 6.45) is 0.470. The van der Waals surface area contributed by atoms with Crippen LogP contribution < -0.4 is 5.32 Å². The summed E-state index contributed by atoms with van der Waals surface area (Å²) in [6.45, 7) is 3.15. The van der Waals surface area contributed by atoms with Gasteiger partial charge in [-0.1, -0.05) is 24.6 Å². The minimum Gasteiger partial charge on any atom is -0.394 e. The van der Waals surface area contributed by atoms with E-state index in [1.807, 2.05) is 19.9 Å². The monoisotopic (exact) mass is 237 g/mol. The van der Waals surface area contributed by atoms with Gasteiger partial charge in [0.1, 0.15) is 0 Å². The number of aliphatic hydroxyl groups excluding tert-OH is 2. The third-order valence-electron chi connectivity index (χ3n) is 2.94. The molecule has 4 nitrogen and oxygen atoms in total. The molecule has 0 atom stereocenters. The van der Waals surface area contributed by atoms with E-state index in [0.717, 1.165) is 5.56 Å². The van der Waals surface area contributed by atoms with Crippen molar-refractivity contribution in [2.45, 2.75) is 25.8 Å². The van der Waals surface area contributed by atoms with Gasteiger partial charge in [-0.2, -0.15) is 0 Å². The zero-order valence-corrected chi connectivity index (χ0v) is 10.2. The zero-order chi connectivity index (χ0) is 12.9. The zero-order valence-electron chi connectivity index (χ0n) is 10.2. The van der Waals surface area contributed by atoms with Gasteiger partial charge in [0.25, 0.3) is 5.91 Å². The van der Waals surface area contributed by atoms with E-state index < -0.39 is 5.54 Å². The predicted molar refractivity (Wildman–Crippen MR) is 65.8 cm³/mol. The normalized spacial score (nSPS) is 11.3. The van der Waals surface area contributed by atoms with Crippen LogP contribution in [0.2, 0.25) is 0 Å². The third-order valence-corrected chi connectivity index (χ3v) is 2.94. The van der Waals surface area contributed by atoms with Crippen molar-refractivity contribution >= 4 is 5.91 Å². The molecule has 94 valence electrons. The first-order valence-corrected chi connectivity index (χ1v) is 5.68. The molecule has 0 radical (unpaired) electrons. The van der Waals surface area contributed by atoms with E-state index in [1.54, 1.807) is 18.2 Å². The number of amides is 1. The summed E-state index contributed by atoms with van der Waals surface area (Å²) < 4.78 is 0. The first-order valence-electron chi connectivity index (χ1n) is 5.68. The molecule has 3 N–H and O–H groups in total. The number of carbonyl (C=O) groups excluding carboxylic acids is 1. The number of aryl methyl sites for hydroxylation is 1. The van der Waals surface area contributed by atoms with Crippen LogP contribution in [-0.4, -0.2) is 34.9 Å².